The minimum absolute atomic E-state index is 0.00830. The number of amides is 5. The fourth-order valence-corrected chi connectivity index (χ4v) is 18.9. The minimum Gasteiger partial charge on any atom is -0.396 e. The number of rotatable bonds is 32. The summed E-state index contributed by atoms with van der Waals surface area (Å²) in [6.45, 7) is 22.3. The highest BCUT2D eigenvalue weighted by Gasteiger charge is 2.45. The van der Waals surface area contributed by atoms with Gasteiger partial charge in [-0.05, 0) is 178 Å². The van der Waals surface area contributed by atoms with E-state index in [1.54, 1.807) is 35.2 Å². The van der Waals surface area contributed by atoms with Crippen LogP contribution in [0.3, 0.4) is 0 Å². The van der Waals surface area contributed by atoms with Crippen molar-refractivity contribution < 1.29 is 47.5 Å². The summed E-state index contributed by atoms with van der Waals surface area (Å²) in [5, 5.41) is 43.1. The lowest BCUT2D eigenvalue weighted by Gasteiger charge is -2.44. The van der Waals surface area contributed by atoms with Crippen LogP contribution in [-0.4, -0.2) is 211 Å². The number of sulfonamides is 1. The van der Waals surface area contributed by atoms with Crippen molar-refractivity contribution in [2.24, 2.45) is 16.7 Å². The number of thiazole rings is 1. The number of aliphatic hydroxyl groups is 2. The lowest BCUT2D eigenvalue weighted by Crippen LogP contribution is -2.57. The normalized spacial score (nSPS) is 20.1. The molecule has 5 heterocycles. The van der Waals surface area contributed by atoms with Gasteiger partial charge < -0.3 is 45.8 Å². The number of anilines is 2. The quantitative estimate of drug-likeness (QED) is 0.00990. The van der Waals surface area contributed by atoms with Gasteiger partial charge in [0.25, 0.3) is 21.6 Å². The number of aromatic nitrogens is 1. The van der Waals surface area contributed by atoms with Crippen molar-refractivity contribution in [1.29, 1.82) is 0 Å². The van der Waals surface area contributed by atoms with Gasteiger partial charge in [0, 0.05) is 143 Å². The van der Waals surface area contributed by atoms with Crippen molar-refractivity contribution in [2.45, 2.75) is 165 Å². The molecule has 0 saturated carbocycles. The first-order valence-electron chi connectivity index (χ1n) is 38.9. The van der Waals surface area contributed by atoms with Crippen LogP contribution in [0.4, 0.5) is 17.1 Å². The van der Waals surface area contributed by atoms with Gasteiger partial charge in [-0.3, -0.25) is 43.9 Å². The largest absolute Gasteiger partial charge is 0.396 e. The summed E-state index contributed by atoms with van der Waals surface area (Å²) in [4.78, 5) is 100.0. The average Bonchev–Trinajstić information content (AvgIpc) is 0.864. The second-order valence-electron chi connectivity index (χ2n) is 31.9. The number of unbranched alkanes of at least 4 members (excludes halogenated alkanes) is 3. The predicted molar refractivity (Wildman–Crippen MR) is 436 cm³/mol. The lowest BCUT2D eigenvalue weighted by atomic mass is 9.71. The number of nitro groups is 1. The number of carbonyl (C=O) groups excluding carboxylic acids is 5. The van der Waals surface area contributed by atoms with Crippen molar-refractivity contribution >= 4 is 96.9 Å². The zero-order valence-electron chi connectivity index (χ0n) is 64.3. The van der Waals surface area contributed by atoms with Crippen LogP contribution >= 0.6 is 34.7 Å². The molecule has 4 fully saturated rings. The molecule has 0 bridgehead atoms. The molecule has 5 amide bonds. The van der Waals surface area contributed by atoms with Crippen molar-refractivity contribution in [1.82, 2.24) is 44.8 Å². The maximum Gasteiger partial charge on any atom is 0.293 e. The number of nitrogens with zero attached hydrogens (tertiary/aromatic N) is 8. The highest BCUT2D eigenvalue weighted by Crippen LogP contribution is 2.45. The monoisotopic (exact) mass is 1580 g/mol. The first kappa shape index (κ1) is 83.2. The van der Waals surface area contributed by atoms with E-state index in [9.17, 15) is 52.7 Å². The molecule has 4 aliphatic heterocycles. The summed E-state index contributed by atoms with van der Waals surface area (Å²) in [6, 6.07) is 34.1. The molecule has 0 radical (unpaired) electrons. The highest BCUT2D eigenvalue weighted by atomic mass is 35.5. The standard InChI is InChI=1S/C83H109ClN12O11S3/c1-57(60-18-20-62(21-19-60)77-58(2)85-56-109-77)86-80(102)74-48-68(98)52-95(74)81(103)78(82(3,4)5)88-75(99)16-12-7-8-13-17-76(100)94-46-42-92(43-47-94)55-83(6)36-32-71(61-22-26-65(84)27-23-61)64(50-83)51-91-40-44-93(45-41-91)67-28-24-63(25-29-67)79(101)89-110(106,107)70-30-31-72(73(49-70)96(104)105)87-66(54-108-69-14-10-9-11-15-69)35-39-90-37-33-59(53-97)34-38-90/h9-11,14-15,18-31,49,56-57,59,66,68,74,78,87,97-98H,7-8,12-13,16-17,32-48,50-55H2,1-6H3,(H,86,102)(H,88,99)(H,89,101)/t57-,66+,68+,74-,78+,83?/m0/s1. The van der Waals surface area contributed by atoms with Crippen LogP contribution in [0, 0.1) is 33.8 Å². The molecule has 1 aliphatic carbocycles. The third-order valence-corrected chi connectivity index (χ3v) is 26.2. The van der Waals surface area contributed by atoms with Gasteiger partial charge in [0.05, 0.1) is 38.0 Å². The molecule has 6 N–H and O–H groups in total. The van der Waals surface area contributed by atoms with E-state index >= 15 is 0 Å². The van der Waals surface area contributed by atoms with Gasteiger partial charge in [0.1, 0.15) is 17.8 Å². The number of carbonyl (C=O) groups is 5. The number of nitrogens with one attached hydrogen (secondary N) is 4. The minimum atomic E-state index is -4.53. The third kappa shape index (κ3) is 22.5. The molecule has 1 unspecified atom stereocenters. The molecule has 6 atom stereocenters. The number of β-amino-alcohol motifs (C(OH)–C–C–N with tert-alkyl or cyclic N) is 1. The lowest BCUT2D eigenvalue weighted by molar-refractivity contribution is -0.384. The van der Waals surface area contributed by atoms with Gasteiger partial charge >= 0.3 is 0 Å². The number of aliphatic hydroxyl groups excluding tert-OH is 2. The number of likely N-dealkylation sites (tertiary alicyclic amines) is 2. The topological polar surface area (TPSA) is 284 Å². The van der Waals surface area contributed by atoms with Crippen LogP contribution in [0.25, 0.3) is 16.0 Å². The maximum absolute atomic E-state index is 14.3. The predicted octanol–water partition coefficient (Wildman–Crippen LogP) is 12.1. The Bertz CT molecular complexity index is 4280. The zero-order chi connectivity index (χ0) is 78.3. The van der Waals surface area contributed by atoms with Gasteiger partial charge in [-0.25, -0.2) is 18.1 Å². The highest BCUT2D eigenvalue weighted by molar-refractivity contribution is 7.99. The molecule has 592 valence electrons. The Hall–Kier alpha value is -7.79. The van der Waals surface area contributed by atoms with E-state index in [1.807, 2.05) is 124 Å². The molecule has 110 heavy (non-hydrogen) atoms. The van der Waals surface area contributed by atoms with Crippen molar-refractivity contribution in [3.63, 3.8) is 0 Å². The van der Waals surface area contributed by atoms with Gasteiger partial charge in [0.15, 0.2) is 0 Å². The van der Waals surface area contributed by atoms with Crippen LogP contribution < -0.4 is 25.6 Å². The molecule has 1 aromatic heterocycles. The third-order valence-electron chi connectivity index (χ3n) is 22.5. The summed E-state index contributed by atoms with van der Waals surface area (Å²) >= 11 is 9.62. The van der Waals surface area contributed by atoms with Gasteiger partial charge in [0.2, 0.25) is 23.6 Å². The fourth-order valence-electron chi connectivity index (χ4n) is 15.9. The van der Waals surface area contributed by atoms with Crippen molar-refractivity contribution in [2.75, 3.05) is 114 Å². The molecule has 4 saturated heterocycles. The summed E-state index contributed by atoms with van der Waals surface area (Å²) < 4.78 is 29.7. The van der Waals surface area contributed by atoms with Crippen LogP contribution in [0.1, 0.15) is 151 Å². The second kappa shape index (κ2) is 38.2. The van der Waals surface area contributed by atoms with E-state index < -0.39 is 60.9 Å². The number of piperidine rings is 1. The van der Waals surface area contributed by atoms with E-state index in [1.165, 1.54) is 33.7 Å². The molecule has 23 nitrogen and oxygen atoms in total. The van der Waals surface area contributed by atoms with E-state index in [0.29, 0.717) is 55.5 Å². The Labute approximate surface area is 661 Å². The van der Waals surface area contributed by atoms with Crippen LogP contribution in [-0.2, 0) is 29.2 Å². The summed E-state index contributed by atoms with van der Waals surface area (Å²) in [5.74, 6) is -0.829. The number of hydrogen-bond acceptors (Lipinski definition) is 19. The first-order chi connectivity index (χ1) is 52.7. The van der Waals surface area contributed by atoms with Crippen LogP contribution in [0.15, 0.2) is 142 Å². The van der Waals surface area contributed by atoms with Gasteiger partial charge in [-0.15, -0.1) is 23.1 Å². The number of nitro benzene ring substituents is 1. The SMILES string of the molecule is Cc1ncsc1-c1ccc([C@H](C)NC(=O)[C@@H]2C[C@@H](O)CN2C(=O)[C@@H](NC(=O)CCCCCCC(=O)N2CCN(CC3(C)CCC(c4ccc(Cl)cc4)=C(CN4CCN(c5ccc(C(=O)NS(=O)(=O)c6ccc(N[C@H](CCN7CCC(CO)CC7)CSc7ccccc7)c([N+](=O)[O-])c6)cc5)CC4)C3)CC2)C(C)(C)C)cc1. The van der Waals surface area contributed by atoms with E-state index in [2.05, 4.69) is 64.3 Å². The van der Waals surface area contributed by atoms with Crippen LogP contribution in [0.5, 0.6) is 0 Å². The number of allylic oxidation sites excluding steroid dienone is 1. The number of hydrogen-bond donors (Lipinski definition) is 6. The molecule has 5 aliphatic rings. The molecular formula is C83H109ClN12O11S3. The zero-order valence-corrected chi connectivity index (χ0v) is 67.5. The van der Waals surface area contributed by atoms with Crippen molar-refractivity contribution in [3.8, 4) is 10.4 Å². The Balaban J connectivity index is 0.606. The summed E-state index contributed by atoms with van der Waals surface area (Å²) in [6.07, 6.45) is 8.09. The Morgan fingerprint density at radius 1 is 0.809 bits per heavy atom. The number of thioether (sulfide) groups is 1. The molecule has 0 spiro atoms. The number of benzene rings is 5. The number of aryl methyl sites for hydroxylation is 1. The van der Waals surface area contributed by atoms with Crippen molar-refractivity contribution in [3.05, 3.63) is 170 Å². The Kier molecular flexibility index (Phi) is 28.8. The molecule has 27 heteroatoms. The smallest absolute Gasteiger partial charge is 0.293 e. The summed E-state index contributed by atoms with van der Waals surface area (Å²) in [5.41, 5.74) is 8.80. The number of piperazine rings is 2. The average molecular weight is 1580 g/mol. The second-order valence-corrected chi connectivity index (χ2v) is 36.0. The Morgan fingerprint density at radius 2 is 1.48 bits per heavy atom. The van der Waals surface area contributed by atoms with E-state index in [-0.39, 0.29) is 72.5 Å². The van der Waals surface area contributed by atoms with E-state index in [0.717, 1.165) is 155 Å². The van der Waals surface area contributed by atoms with E-state index in [4.69, 9.17) is 11.6 Å². The molecular weight excluding hydrogens is 1470 g/mol. The maximum atomic E-state index is 14.3. The number of halogens is 1. The van der Waals surface area contributed by atoms with Gasteiger partial charge in [-0.1, -0.05) is 112 Å². The van der Waals surface area contributed by atoms with Gasteiger partial charge in [-0.2, -0.15) is 0 Å². The van der Waals surface area contributed by atoms with Crippen LogP contribution in [0.2, 0.25) is 5.02 Å². The molecule has 11 rings (SSSR count). The first-order valence-corrected chi connectivity index (χ1v) is 42.7. The summed E-state index contributed by atoms with van der Waals surface area (Å²) in [7, 11) is -4.53. The fraction of sp³-hybridized carbons (Fsp3) is 0.518. The Morgan fingerprint density at radius 3 is 2.14 bits per heavy atom. The molecule has 6 aromatic rings. The molecule has 5 aromatic carbocycles.